The lowest BCUT2D eigenvalue weighted by Gasteiger charge is -2.24. The van der Waals surface area contributed by atoms with Gasteiger partial charge in [-0.3, -0.25) is 0 Å². The van der Waals surface area contributed by atoms with Crippen molar-refractivity contribution in [1.82, 2.24) is 9.97 Å². The number of aliphatic hydroxyl groups excluding tert-OH is 5. The Morgan fingerprint density at radius 2 is 1.67 bits per heavy atom. The number of rotatable bonds is 5. The van der Waals surface area contributed by atoms with Gasteiger partial charge in [-0.05, 0) is 0 Å². The summed E-state index contributed by atoms with van der Waals surface area (Å²) < 4.78 is 26.1. The zero-order chi connectivity index (χ0) is 15.7. The molecule has 0 saturated carbocycles. The Hall–Kier alpha value is -1.65. The minimum atomic E-state index is -1.86. The fourth-order valence-corrected chi connectivity index (χ4v) is 1.85. The van der Waals surface area contributed by atoms with Gasteiger partial charge in [0.15, 0.2) is 11.6 Å². The second-order valence-electron chi connectivity index (χ2n) is 4.58. The normalized spacial score (nSPS) is 17.7. The van der Waals surface area contributed by atoms with Crippen LogP contribution in [0.15, 0.2) is 12.1 Å². The molecule has 0 spiro atoms. The minimum absolute atomic E-state index is 0.0207. The maximum atomic E-state index is 13.1. The Kier molecular flexibility index (Phi) is 4.49. The molecule has 0 radical (unpaired) electrons. The van der Waals surface area contributed by atoms with Crippen LogP contribution in [0, 0.1) is 11.6 Å². The number of aromatic nitrogens is 2. The van der Waals surface area contributed by atoms with Gasteiger partial charge in [0.2, 0.25) is 0 Å². The Morgan fingerprint density at radius 1 is 1.05 bits per heavy atom. The molecule has 0 saturated heterocycles. The molecule has 116 valence electrons. The Balaban J connectivity index is 2.28. The number of imidazole rings is 1. The lowest BCUT2D eigenvalue weighted by atomic mass is 10.0. The largest absolute Gasteiger partial charge is 0.394 e. The second-order valence-corrected chi connectivity index (χ2v) is 4.58. The van der Waals surface area contributed by atoms with Crippen molar-refractivity contribution >= 4 is 11.0 Å². The molecule has 0 bridgehead atoms. The molecule has 9 heteroatoms. The van der Waals surface area contributed by atoms with Gasteiger partial charge >= 0.3 is 0 Å². The van der Waals surface area contributed by atoms with Crippen LogP contribution in [0.25, 0.3) is 11.0 Å². The van der Waals surface area contributed by atoms with E-state index in [4.69, 9.17) is 5.11 Å². The van der Waals surface area contributed by atoms with Gasteiger partial charge in [0.25, 0.3) is 0 Å². The molecule has 0 amide bonds. The summed E-state index contributed by atoms with van der Waals surface area (Å²) in [4.78, 5) is 6.25. The molecule has 4 atom stereocenters. The topological polar surface area (TPSA) is 130 Å². The van der Waals surface area contributed by atoms with E-state index in [1.165, 1.54) is 0 Å². The molecule has 1 aromatic heterocycles. The molecule has 0 aliphatic carbocycles. The number of hydrogen-bond donors (Lipinski definition) is 6. The van der Waals surface area contributed by atoms with Crippen molar-refractivity contribution in [2.75, 3.05) is 6.61 Å². The molecule has 6 N–H and O–H groups in total. The van der Waals surface area contributed by atoms with Crippen LogP contribution < -0.4 is 0 Å². The van der Waals surface area contributed by atoms with Gasteiger partial charge < -0.3 is 30.5 Å². The van der Waals surface area contributed by atoms with Crippen LogP contribution in [-0.2, 0) is 0 Å². The number of benzene rings is 1. The van der Waals surface area contributed by atoms with Gasteiger partial charge in [-0.25, -0.2) is 13.8 Å². The number of nitrogens with one attached hydrogen (secondary N) is 1. The summed E-state index contributed by atoms with van der Waals surface area (Å²) in [5.41, 5.74) is 0.111. The van der Waals surface area contributed by atoms with E-state index in [-0.39, 0.29) is 16.9 Å². The van der Waals surface area contributed by atoms with Crippen LogP contribution in [0.1, 0.15) is 11.9 Å². The first-order chi connectivity index (χ1) is 9.85. The molecule has 3 unspecified atom stereocenters. The first kappa shape index (κ1) is 15.7. The predicted molar refractivity (Wildman–Crippen MR) is 66.1 cm³/mol. The van der Waals surface area contributed by atoms with Gasteiger partial charge in [-0.1, -0.05) is 0 Å². The van der Waals surface area contributed by atoms with Crippen molar-refractivity contribution in [3.8, 4) is 0 Å². The number of aliphatic hydroxyl groups is 5. The monoisotopic (exact) mass is 304 g/mol. The number of fused-ring (bicyclic) bond motifs is 1. The fourth-order valence-electron chi connectivity index (χ4n) is 1.85. The first-order valence-electron chi connectivity index (χ1n) is 6.03. The third kappa shape index (κ3) is 3.01. The van der Waals surface area contributed by atoms with E-state index in [9.17, 15) is 29.2 Å². The number of aromatic amines is 1. The van der Waals surface area contributed by atoms with Crippen LogP contribution in [-0.4, -0.2) is 60.4 Å². The predicted octanol–water partition coefficient (Wildman–Crippen LogP) is -1.05. The van der Waals surface area contributed by atoms with Crippen molar-refractivity contribution in [2.45, 2.75) is 24.4 Å². The van der Waals surface area contributed by atoms with E-state index in [2.05, 4.69) is 9.97 Å². The average Bonchev–Trinajstić information content (AvgIpc) is 2.87. The van der Waals surface area contributed by atoms with Crippen molar-refractivity contribution in [1.29, 1.82) is 0 Å². The van der Waals surface area contributed by atoms with Gasteiger partial charge in [-0.2, -0.15) is 0 Å². The van der Waals surface area contributed by atoms with Crippen LogP contribution in [0.2, 0.25) is 0 Å². The van der Waals surface area contributed by atoms with Crippen LogP contribution in [0.5, 0.6) is 0 Å². The Bertz CT molecular complexity index is 596. The first-order valence-corrected chi connectivity index (χ1v) is 6.03. The van der Waals surface area contributed by atoms with Crippen molar-refractivity contribution in [3.05, 3.63) is 29.6 Å². The number of nitrogens with zero attached hydrogens (tertiary/aromatic N) is 1. The van der Waals surface area contributed by atoms with E-state index in [1.807, 2.05) is 0 Å². The van der Waals surface area contributed by atoms with E-state index in [0.717, 1.165) is 12.1 Å². The molecule has 7 nitrogen and oxygen atoms in total. The summed E-state index contributed by atoms with van der Waals surface area (Å²) in [7, 11) is 0. The molecule has 0 aliphatic rings. The molecule has 1 heterocycles. The molecule has 21 heavy (non-hydrogen) atoms. The van der Waals surface area contributed by atoms with Gasteiger partial charge in [0.05, 0.1) is 17.6 Å². The molecule has 0 aliphatic heterocycles. The van der Waals surface area contributed by atoms with E-state index in [1.54, 1.807) is 0 Å². The summed E-state index contributed by atoms with van der Waals surface area (Å²) >= 11 is 0. The van der Waals surface area contributed by atoms with Crippen molar-refractivity contribution in [3.63, 3.8) is 0 Å². The Morgan fingerprint density at radius 3 is 2.29 bits per heavy atom. The lowest BCUT2D eigenvalue weighted by Crippen LogP contribution is -2.42. The molecular weight excluding hydrogens is 290 g/mol. The Labute approximate surface area is 117 Å². The molecule has 0 fully saturated rings. The smallest absolute Gasteiger partial charge is 0.161 e. The van der Waals surface area contributed by atoms with E-state index < -0.39 is 42.7 Å². The highest BCUT2D eigenvalue weighted by Crippen LogP contribution is 2.22. The minimum Gasteiger partial charge on any atom is -0.394 e. The molecule has 1 aromatic carbocycles. The fraction of sp³-hybridized carbons (Fsp3) is 0.417. The highest BCUT2D eigenvalue weighted by Gasteiger charge is 2.32. The zero-order valence-corrected chi connectivity index (χ0v) is 10.6. The summed E-state index contributed by atoms with van der Waals surface area (Å²) in [5.74, 6) is -2.47. The number of halogens is 2. The summed E-state index contributed by atoms with van der Waals surface area (Å²) in [5, 5.41) is 46.9. The van der Waals surface area contributed by atoms with Crippen molar-refractivity contribution < 1.29 is 34.3 Å². The second kappa shape index (κ2) is 6.00. The third-order valence-electron chi connectivity index (χ3n) is 3.08. The third-order valence-corrected chi connectivity index (χ3v) is 3.08. The van der Waals surface area contributed by atoms with Gasteiger partial charge in [-0.15, -0.1) is 0 Å². The molecular formula is C12H14F2N2O5. The highest BCUT2D eigenvalue weighted by atomic mass is 19.2. The summed E-state index contributed by atoms with van der Waals surface area (Å²) in [6, 6.07) is 1.64. The summed E-state index contributed by atoms with van der Waals surface area (Å²) in [6.45, 7) is -0.818. The zero-order valence-electron chi connectivity index (χ0n) is 10.6. The van der Waals surface area contributed by atoms with E-state index >= 15 is 0 Å². The van der Waals surface area contributed by atoms with Crippen LogP contribution in [0.3, 0.4) is 0 Å². The molecule has 2 aromatic rings. The highest BCUT2D eigenvalue weighted by molar-refractivity contribution is 5.75. The maximum absolute atomic E-state index is 13.1. The SMILES string of the molecule is OCC(O)[C@@H](O)C(O)C(O)c1nc2cc(F)c(F)cc2[nH]1. The standard InChI is InChI=1S/C12H14F2N2O5/c13-4-1-6-7(2-5(4)14)16-12(15-6)11(21)10(20)9(19)8(18)3-17/h1-2,8-11,17-21H,3H2,(H,15,16)/t8?,9-,10?,11?/m1/s1. The maximum Gasteiger partial charge on any atom is 0.161 e. The van der Waals surface area contributed by atoms with Gasteiger partial charge in [0.1, 0.15) is 30.2 Å². The van der Waals surface area contributed by atoms with Crippen molar-refractivity contribution in [2.24, 2.45) is 0 Å². The summed E-state index contributed by atoms with van der Waals surface area (Å²) in [6.07, 6.45) is -7.09. The average molecular weight is 304 g/mol. The number of H-pyrrole nitrogens is 1. The lowest BCUT2D eigenvalue weighted by molar-refractivity contribution is -0.117. The van der Waals surface area contributed by atoms with Crippen LogP contribution >= 0.6 is 0 Å². The molecule has 2 rings (SSSR count). The number of hydrogen-bond acceptors (Lipinski definition) is 6. The van der Waals surface area contributed by atoms with Gasteiger partial charge in [0, 0.05) is 12.1 Å². The van der Waals surface area contributed by atoms with Crippen LogP contribution in [0.4, 0.5) is 8.78 Å². The quantitative estimate of drug-likeness (QED) is 0.418. The van der Waals surface area contributed by atoms with E-state index in [0.29, 0.717) is 0 Å².